The molecule has 0 aliphatic rings. The van der Waals surface area contributed by atoms with Gasteiger partial charge in [-0.05, 0) is 82.5 Å². The molecule has 8 heteroatoms. The lowest BCUT2D eigenvalue weighted by Gasteiger charge is -2.22. The zero-order valence-corrected chi connectivity index (χ0v) is 23.7. The van der Waals surface area contributed by atoms with Crippen LogP contribution >= 0.6 is 0 Å². The lowest BCUT2D eigenvalue weighted by atomic mass is 10.0. The Morgan fingerprint density at radius 3 is 2.35 bits per heavy atom. The van der Waals surface area contributed by atoms with Gasteiger partial charge in [0.15, 0.2) is 0 Å². The highest BCUT2D eigenvalue weighted by atomic mass is 16.5. The van der Waals surface area contributed by atoms with E-state index in [2.05, 4.69) is 36.4 Å². The van der Waals surface area contributed by atoms with Crippen molar-refractivity contribution in [3.8, 4) is 5.75 Å². The Hall–Kier alpha value is -2.84. The van der Waals surface area contributed by atoms with Crippen LogP contribution < -0.4 is 32.2 Å². The topological polar surface area (TPSA) is 132 Å². The molecule has 2 atom stereocenters. The molecule has 208 valence electrons. The van der Waals surface area contributed by atoms with E-state index in [9.17, 15) is 9.59 Å². The van der Waals surface area contributed by atoms with Gasteiger partial charge in [-0.2, -0.15) is 0 Å². The first kappa shape index (κ1) is 32.2. The smallest absolute Gasteiger partial charge is 0.255 e. The van der Waals surface area contributed by atoms with Crippen LogP contribution in [0.15, 0.2) is 42.2 Å². The second kappa shape index (κ2) is 16.8. The molecule has 0 fully saturated rings. The van der Waals surface area contributed by atoms with Crippen LogP contribution in [-0.2, 0) is 4.79 Å². The first-order valence-electron chi connectivity index (χ1n) is 13.4. The van der Waals surface area contributed by atoms with E-state index < -0.39 is 6.04 Å². The summed E-state index contributed by atoms with van der Waals surface area (Å²) in [5, 5.41) is 9.02. The van der Waals surface area contributed by atoms with Gasteiger partial charge >= 0.3 is 0 Å². The quantitative estimate of drug-likeness (QED) is 0.191. The molecule has 37 heavy (non-hydrogen) atoms. The maximum atomic E-state index is 13.5. The van der Waals surface area contributed by atoms with E-state index in [4.69, 9.17) is 16.2 Å². The number of hydrogen-bond donors (Lipinski definition) is 5. The number of ether oxygens (including phenoxy) is 1. The van der Waals surface area contributed by atoms with Crippen molar-refractivity contribution in [2.75, 3.05) is 18.5 Å². The second-order valence-corrected chi connectivity index (χ2v) is 10.4. The van der Waals surface area contributed by atoms with Gasteiger partial charge in [0.2, 0.25) is 5.91 Å². The molecule has 1 aromatic rings. The Morgan fingerprint density at radius 1 is 1.08 bits per heavy atom. The molecule has 2 unspecified atom stereocenters. The van der Waals surface area contributed by atoms with Crippen molar-refractivity contribution in [2.45, 2.75) is 85.7 Å². The van der Waals surface area contributed by atoms with E-state index in [0.29, 0.717) is 48.2 Å². The van der Waals surface area contributed by atoms with Crippen molar-refractivity contribution < 1.29 is 14.3 Å². The summed E-state index contributed by atoms with van der Waals surface area (Å²) >= 11 is 0. The average molecular weight is 516 g/mol. The molecule has 0 saturated carbocycles. The van der Waals surface area contributed by atoms with E-state index in [0.717, 1.165) is 31.4 Å². The molecule has 7 N–H and O–H groups in total. The number of allylic oxidation sites excluding steroid dienone is 2. The van der Waals surface area contributed by atoms with Crippen molar-refractivity contribution in [3.05, 3.63) is 47.8 Å². The fraction of sp³-hybridized carbons (Fsp3) is 0.586. The van der Waals surface area contributed by atoms with Gasteiger partial charge in [-0.3, -0.25) is 9.59 Å². The minimum absolute atomic E-state index is 0.207. The van der Waals surface area contributed by atoms with Gasteiger partial charge in [-0.25, -0.2) is 0 Å². The molecule has 0 radical (unpaired) electrons. The molecule has 0 aliphatic carbocycles. The van der Waals surface area contributed by atoms with Crippen LogP contribution in [0.1, 0.15) is 84.0 Å². The summed E-state index contributed by atoms with van der Waals surface area (Å²) in [5.41, 5.74) is 14.3. The highest BCUT2D eigenvalue weighted by molar-refractivity contribution is 6.00. The molecule has 2 amide bonds. The van der Waals surface area contributed by atoms with Crippen molar-refractivity contribution in [1.29, 1.82) is 0 Å². The molecule has 8 nitrogen and oxygen atoms in total. The molecule has 1 rings (SSSR count). The molecular weight excluding hydrogens is 466 g/mol. The number of carbonyl (C=O) groups is 2. The number of rotatable bonds is 17. The third kappa shape index (κ3) is 12.3. The van der Waals surface area contributed by atoms with Crippen LogP contribution in [0, 0.1) is 11.8 Å². The minimum Gasteiger partial charge on any atom is -0.493 e. The number of carbonyl (C=O) groups excluding carboxylic acids is 2. The number of anilines is 1. The van der Waals surface area contributed by atoms with Crippen LogP contribution in [-0.4, -0.2) is 37.0 Å². The molecule has 0 saturated heterocycles. The lowest BCUT2D eigenvalue weighted by Crippen LogP contribution is -2.47. The van der Waals surface area contributed by atoms with Crippen molar-refractivity contribution >= 4 is 17.5 Å². The van der Waals surface area contributed by atoms with Crippen molar-refractivity contribution in [3.63, 3.8) is 0 Å². The third-order valence-electron chi connectivity index (χ3n) is 5.89. The summed E-state index contributed by atoms with van der Waals surface area (Å²) in [4.78, 5) is 26.4. The van der Waals surface area contributed by atoms with E-state index >= 15 is 0 Å². The predicted molar refractivity (Wildman–Crippen MR) is 153 cm³/mol. The summed E-state index contributed by atoms with van der Waals surface area (Å²) in [7, 11) is 0. The van der Waals surface area contributed by atoms with Gasteiger partial charge in [-0.15, -0.1) is 0 Å². The summed E-state index contributed by atoms with van der Waals surface area (Å²) in [6, 6.07) is 4.42. The molecule has 0 aliphatic heterocycles. The van der Waals surface area contributed by atoms with Gasteiger partial charge in [0.1, 0.15) is 11.8 Å². The van der Waals surface area contributed by atoms with E-state index in [1.165, 1.54) is 0 Å². The largest absolute Gasteiger partial charge is 0.493 e. The molecule has 0 bridgehead atoms. The fourth-order valence-corrected chi connectivity index (χ4v) is 3.74. The van der Waals surface area contributed by atoms with Crippen LogP contribution in [0.3, 0.4) is 0 Å². The van der Waals surface area contributed by atoms with Gasteiger partial charge in [0.05, 0.1) is 12.2 Å². The van der Waals surface area contributed by atoms with Crippen LogP contribution in [0.2, 0.25) is 0 Å². The Kier molecular flexibility index (Phi) is 14.6. The number of benzene rings is 1. The fourth-order valence-electron chi connectivity index (χ4n) is 3.74. The Bertz CT molecular complexity index is 911. The standard InChI is InChI=1S/C29H49N5O3/c1-8-21(6)32-29(36)26(17-20(4)5)34-28(35)24-18-23(33-22(7)25(31)16-19(2)3)12-13-27(24)37-15-11-9-10-14-30/h8,12-13,18-20,25-26,33H,7,9-11,14-17,30-31H2,1-6H3,(H,32,36)(H,34,35)/b21-8+. The Labute approximate surface area is 223 Å². The van der Waals surface area contributed by atoms with Gasteiger partial charge in [-0.1, -0.05) is 40.3 Å². The monoisotopic (exact) mass is 515 g/mol. The normalized spacial score (nSPS) is 13.3. The predicted octanol–water partition coefficient (Wildman–Crippen LogP) is 4.68. The average Bonchev–Trinajstić information content (AvgIpc) is 2.83. The summed E-state index contributed by atoms with van der Waals surface area (Å²) < 4.78 is 5.98. The van der Waals surface area contributed by atoms with E-state index in [-0.39, 0.29) is 23.8 Å². The molecule has 1 aromatic carbocycles. The molecule has 0 spiro atoms. The van der Waals surface area contributed by atoms with Gasteiger partial charge < -0.3 is 32.2 Å². The number of nitrogens with one attached hydrogen (secondary N) is 3. The van der Waals surface area contributed by atoms with Crippen LogP contribution in [0.5, 0.6) is 5.75 Å². The Balaban J connectivity index is 3.18. The summed E-state index contributed by atoms with van der Waals surface area (Å²) in [6.07, 6.45) is 5.82. The first-order chi connectivity index (χ1) is 17.5. The Morgan fingerprint density at radius 2 is 1.76 bits per heavy atom. The third-order valence-corrected chi connectivity index (χ3v) is 5.89. The number of nitrogens with two attached hydrogens (primary N) is 2. The maximum absolute atomic E-state index is 13.5. The van der Waals surface area contributed by atoms with Gasteiger partial charge in [0.25, 0.3) is 5.91 Å². The first-order valence-corrected chi connectivity index (χ1v) is 13.4. The zero-order chi connectivity index (χ0) is 28.0. The second-order valence-electron chi connectivity index (χ2n) is 10.4. The number of amides is 2. The summed E-state index contributed by atoms with van der Waals surface area (Å²) in [6.45, 7) is 17.1. The number of unbranched alkanes of at least 4 members (excludes halogenated alkanes) is 2. The molecule has 0 aromatic heterocycles. The lowest BCUT2D eigenvalue weighted by molar-refractivity contribution is -0.122. The summed E-state index contributed by atoms with van der Waals surface area (Å²) in [5.74, 6) is 0.473. The van der Waals surface area contributed by atoms with Gasteiger partial charge in [0, 0.05) is 23.1 Å². The van der Waals surface area contributed by atoms with E-state index in [1.807, 2.05) is 39.8 Å². The van der Waals surface area contributed by atoms with E-state index in [1.54, 1.807) is 12.1 Å². The highest BCUT2D eigenvalue weighted by Crippen LogP contribution is 2.25. The minimum atomic E-state index is -0.689. The van der Waals surface area contributed by atoms with Crippen LogP contribution in [0.25, 0.3) is 0 Å². The number of hydrogen-bond acceptors (Lipinski definition) is 6. The SMILES string of the molecule is C=C(Nc1ccc(OCCCCCN)c(C(=O)NC(CC(C)C)C(=O)N/C(C)=C/C)c1)C(N)CC(C)C. The highest BCUT2D eigenvalue weighted by Gasteiger charge is 2.25. The van der Waals surface area contributed by atoms with Crippen molar-refractivity contribution in [2.24, 2.45) is 23.3 Å². The van der Waals surface area contributed by atoms with Crippen LogP contribution in [0.4, 0.5) is 5.69 Å². The molecular formula is C29H49N5O3. The maximum Gasteiger partial charge on any atom is 0.255 e. The molecule has 0 heterocycles. The van der Waals surface area contributed by atoms with Crippen molar-refractivity contribution in [1.82, 2.24) is 10.6 Å². The zero-order valence-electron chi connectivity index (χ0n) is 23.7.